The molecule has 1 saturated heterocycles. The van der Waals surface area contributed by atoms with Crippen LogP contribution in [0.1, 0.15) is 31.6 Å². The minimum atomic E-state index is -0.585. The fourth-order valence-corrected chi connectivity index (χ4v) is 3.05. The van der Waals surface area contributed by atoms with Crippen LogP contribution in [0.4, 0.5) is 0 Å². The van der Waals surface area contributed by atoms with Crippen LogP contribution in [0.5, 0.6) is 0 Å². The number of hydrogen-bond donors (Lipinski definition) is 1. The van der Waals surface area contributed by atoms with Gasteiger partial charge in [0.05, 0.1) is 6.10 Å². The molecule has 0 aliphatic carbocycles. The van der Waals surface area contributed by atoms with Gasteiger partial charge in [0.1, 0.15) is 17.4 Å². The maximum atomic E-state index is 10.4. The number of likely N-dealkylation sites (tertiary alicyclic amines) is 1. The molecule has 1 N–H and O–H groups in total. The second-order valence-electron chi connectivity index (χ2n) is 5.68. The minimum Gasteiger partial charge on any atom is -0.458 e. The highest BCUT2D eigenvalue weighted by atomic mass is 16.5. The Hall–Kier alpha value is -1.36. The first-order chi connectivity index (χ1) is 10.3. The van der Waals surface area contributed by atoms with Crippen molar-refractivity contribution < 1.29 is 14.3 Å². The van der Waals surface area contributed by atoms with Crippen LogP contribution in [0.15, 0.2) is 34.7 Å². The lowest BCUT2D eigenvalue weighted by Gasteiger charge is -2.33. The van der Waals surface area contributed by atoms with Gasteiger partial charge < -0.3 is 14.3 Å². The number of aliphatic hydroxyl groups is 1. The molecular formula is C17H23NO3. The molecule has 0 bridgehead atoms. The number of β-amino-alcohol motifs (C(OH)–C–C–N with tert-alkyl or cyclic N) is 1. The van der Waals surface area contributed by atoms with E-state index in [-0.39, 0.29) is 0 Å². The van der Waals surface area contributed by atoms with Gasteiger partial charge in [0, 0.05) is 25.1 Å². The highest BCUT2D eigenvalue weighted by Gasteiger charge is 2.23. The summed E-state index contributed by atoms with van der Waals surface area (Å²) in [5.41, 5.74) is 0.831. The van der Waals surface area contributed by atoms with Gasteiger partial charge in [0.25, 0.3) is 0 Å². The normalized spacial score (nSPS) is 21.7. The van der Waals surface area contributed by atoms with Crippen molar-refractivity contribution in [3.8, 4) is 0 Å². The lowest BCUT2D eigenvalue weighted by atomic mass is 10.1. The quantitative estimate of drug-likeness (QED) is 0.919. The van der Waals surface area contributed by atoms with Crippen molar-refractivity contribution in [1.82, 2.24) is 4.90 Å². The number of aliphatic hydroxyl groups excluding tert-OH is 1. The van der Waals surface area contributed by atoms with E-state index in [9.17, 15) is 5.11 Å². The van der Waals surface area contributed by atoms with Crippen LogP contribution >= 0.6 is 0 Å². The number of benzene rings is 1. The molecule has 1 aromatic heterocycles. The molecular weight excluding hydrogens is 266 g/mol. The molecule has 2 atom stereocenters. The molecule has 2 unspecified atom stereocenters. The van der Waals surface area contributed by atoms with Gasteiger partial charge in [-0.05, 0) is 38.4 Å². The molecule has 2 heterocycles. The summed E-state index contributed by atoms with van der Waals surface area (Å²) < 4.78 is 11.4. The van der Waals surface area contributed by atoms with Gasteiger partial charge in [-0.3, -0.25) is 4.90 Å². The van der Waals surface area contributed by atoms with Crippen molar-refractivity contribution in [3.05, 3.63) is 36.1 Å². The first kappa shape index (κ1) is 14.6. The van der Waals surface area contributed by atoms with E-state index in [4.69, 9.17) is 9.15 Å². The number of furan rings is 1. The van der Waals surface area contributed by atoms with Gasteiger partial charge in [-0.15, -0.1) is 0 Å². The average molecular weight is 289 g/mol. The molecule has 2 aromatic rings. The van der Waals surface area contributed by atoms with E-state index in [1.165, 1.54) is 0 Å². The van der Waals surface area contributed by atoms with E-state index in [1.54, 1.807) is 0 Å². The maximum Gasteiger partial charge on any atom is 0.135 e. The van der Waals surface area contributed by atoms with Crippen LogP contribution in [-0.2, 0) is 4.74 Å². The van der Waals surface area contributed by atoms with E-state index in [1.807, 2.05) is 37.3 Å². The summed E-state index contributed by atoms with van der Waals surface area (Å²) in [7, 11) is 0. The largest absolute Gasteiger partial charge is 0.458 e. The Bertz CT molecular complexity index is 545. The first-order valence-corrected chi connectivity index (χ1v) is 7.76. The van der Waals surface area contributed by atoms with Gasteiger partial charge in [-0.2, -0.15) is 0 Å². The summed E-state index contributed by atoms with van der Waals surface area (Å²) >= 11 is 0. The summed E-state index contributed by atoms with van der Waals surface area (Å²) in [6, 6.07) is 9.78. The Morgan fingerprint density at radius 3 is 3.10 bits per heavy atom. The molecule has 4 nitrogen and oxygen atoms in total. The van der Waals surface area contributed by atoms with Crippen LogP contribution in [0.25, 0.3) is 11.0 Å². The average Bonchev–Trinajstić information content (AvgIpc) is 2.92. The van der Waals surface area contributed by atoms with Crippen LogP contribution in [-0.4, -0.2) is 42.4 Å². The molecule has 1 fully saturated rings. The van der Waals surface area contributed by atoms with Crippen molar-refractivity contribution in [2.24, 2.45) is 0 Å². The zero-order chi connectivity index (χ0) is 14.7. The Balaban J connectivity index is 1.63. The van der Waals surface area contributed by atoms with Crippen molar-refractivity contribution >= 4 is 11.0 Å². The smallest absolute Gasteiger partial charge is 0.135 e. The molecule has 1 aliphatic heterocycles. The van der Waals surface area contributed by atoms with Crippen LogP contribution < -0.4 is 0 Å². The van der Waals surface area contributed by atoms with Crippen molar-refractivity contribution in [2.75, 3.05) is 26.2 Å². The standard InChI is InChI=1S/C17H23NO3/c1-2-20-14-7-5-9-18(11-14)12-15(19)17-10-13-6-3-4-8-16(13)21-17/h3-4,6,8,10,14-15,19H,2,5,7,9,11-12H2,1H3. The van der Waals surface area contributed by atoms with Gasteiger partial charge in [0.15, 0.2) is 0 Å². The molecule has 0 saturated carbocycles. The highest BCUT2D eigenvalue weighted by molar-refractivity contribution is 5.77. The zero-order valence-electron chi connectivity index (χ0n) is 12.5. The number of rotatable bonds is 5. The number of ether oxygens (including phenoxy) is 1. The number of para-hydroxylation sites is 1. The first-order valence-electron chi connectivity index (χ1n) is 7.76. The van der Waals surface area contributed by atoms with Crippen LogP contribution in [0, 0.1) is 0 Å². The summed E-state index contributed by atoms with van der Waals surface area (Å²) in [6.45, 7) is 5.29. The summed E-state index contributed by atoms with van der Waals surface area (Å²) in [5.74, 6) is 0.648. The Morgan fingerprint density at radius 2 is 2.29 bits per heavy atom. The number of fused-ring (bicyclic) bond motifs is 1. The summed E-state index contributed by atoms with van der Waals surface area (Å²) in [5, 5.41) is 11.5. The van der Waals surface area contributed by atoms with E-state index < -0.39 is 6.10 Å². The third-order valence-electron chi connectivity index (χ3n) is 4.07. The number of nitrogens with zero attached hydrogens (tertiary/aromatic N) is 1. The van der Waals surface area contributed by atoms with E-state index in [0.717, 1.165) is 43.5 Å². The van der Waals surface area contributed by atoms with Crippen molar-refractivity contribution in [1.29, 1.82) is 0 Å². The maximum absolute atomic E-state index is 10.4. The highest BCUT2D eigenvalue weighted by Crippen LogP contribution is 2.25. The fraction of sp³-hybridized carbons (Fsp3) is 0.529. The molecule has 4 heteroatoms. The lowest BCUT2D eigenvalue weighted by molar-refractivity contribution is -0.00926. The van der Waals surface area contributed by atoms with Crippen molar-refractivity contribution in [2.45, 2.75) is 32.0 Å². The topological polar surface area (TPSA) is 45.8 Å². The molecule has 0 radical (unpaired) electrons. The van der Waals surface area contributed by atoms with Gasteiger partial charge in [-0.1, -0.05) is 18.2 Å². The second-order valence-corrected chi connectivity index (χ2v) is 5.68. The van der Waals surface area contributed by atoms with E-state index in [0.29, 0.717) is 18.4 Å². The number of hydrogen-bond acceptors (Lipinski definition) is 4. The van der Waals surface area contributed by atoms with Gasteiger partial charge >= 0.3 is 0 Å². The van der Waals surface area contributed by atoms with Crippen molar-refractivity contribution in [3.63, 3.8) is 0 Å². The molecule has 1 aromatic carbocycles. The number of piperidine rings is 1. The lowest BCUT2D eigenvalue weighted by Crippen LogP contribution is -2.41. The summed E-state index contributed by atoms with van der Waals surface area (Å²) in [4.78, 5) is 2.27. The molecule has 0 spiro atoms. The monoisotopic (exact) mass is 289 g/mol. The fourth-order valence-electron chi connectivity index (χ4n) is 3.05. The zero-order valence-corrected chi connectivity index (χ0v) is 12.5. The molecule has 3 rings (SSSR count). The van der Waals surface area contributed by atoms with Gasteiger partial charge in [-0.25, -0.2) is 0 Å². The Labute approximate surface area is 125 Å². The second kappa shape index (κ2) is 6.60. The predicted octanol–water partition coefficient (Wildman–Crippen LogP) is 2.97. The third-order valence-corrected chi connectivity index (χ3v) is 4.07. The van der Waals surface area contributed by atoms with E-state index in [2.05, 4.69) is 4.90 Å². The Morgan fingerprint density at radius 1 is 1.43 bits per heavy atom. The predicted molar refractivity (Wildman–Crippen MR) is 82.3 cm³/mol. The summed E-state index contributed by atoms with van der Waals surface area (Å²) in [6.07, 6.45) is 1.95. The minimum absolute atomic E-state index is 0.298. The molecule has 21 heavy (non-hydrogen) atoms. The SMILES string of the molecule is CCOC1CCCN(CC(O)c2cc3ccccc3o2)C1. The van der Waals surface area contributed by atoms with Crippen LogP contribution in [0.2, 0.25) is 0 Å². The molecule has 114 valence electrons. The van der Waals surface area contributed by atoms with E-state index >= 15 is 0 Å². The Kier molecular flexibility index (Phi) is 4.58. The molecule has 1 aliphatic rings. The van der Waals surface area contributed by atoms with Gasteiger partial charge in [0.2, 0.25) is 0 Å². The van der Waals surface area contributed by atoms with Crippen LogP contribution in [0.3, 0.4) is 0 Å². The third kappa shape index (κ3) is 3.46. The molecule has 0 amide bonds.